The molecule has 0 unspecified atom stereocenters. The van der Waals surface area contributed by atoms with E-state index in [2.05, 4.69) is 5.10 Å². The van der Waals surface area contributed by atoms with E-state index in [1.165, 1.54) is 11.6 Å². The highest BCUT2D eigenvalue weighted by Crippen LogP contribution is 2.29. The predicted octanol–water partition coefficient (Wildman–Crippen LogP) is 3.17. The van der Waals surface area contributed by atoms with Crippen molar-refractivity contribution in [3.8, 4) is 0 Å². The van der Waals surface area contributed by atoms with Crippen molar-refractivity contribution in [2.45, 2.75) is 51.7 Å². The maximum atomic E-state index is 12.7. The molecule has 1 fully saturated rings. The molecule has 1 saturated heterocycles. The molecule has 7 heteroatoms. The average molecular weight is 303 g/mol. The fourth-order valence-corrected chi connectivity index (χ4v) is 2.68. The van der Waals surface area contributed by atoms with Gasteiger partial charge in [-0.1, -0.05) is 12.8 Å². The largest absolute Gasteiger partial charge is 0.435 e. The Morgan fingerprint density at radius 1 is 1.24 bits per heavy atom. The Bertz CT molecular complexity index is 502. The molecule has 21 heavy (non-hydrogen) atoms. The standard InChI is InChI=1S/C14H20F3N3O/c1-10-9-12(14(15,16)17)18-20(10)11(2)13(21)19-7-5-3-4-6-8-19/h9,11H,3-8H2,1-2H3/t11-/m1/s1. The molecule has 118 valence electrons. The van der Waals surface area contributed by atoms with Gasteiger partial charge in [-0.15, -0.1) is 0 Å². The molecule has 1 aromatic rings. The van der Waals surface area contributed by atoms with Gasteiger partial charge in [0.1, 0.15) is 6.04 Å². The third kappa shape index (κ3) is 3.57. The highest BCUT2D eigenvalue weighted by Gasteiger charge is 2.35. The van der Waals surface area contributed by atoms with E-state index in [0.717, 1.165) is 31.7 Å². The van der Waals surface area contributed by atoms with E-state index in [9.17, 15) is 18.0 Å². The van der Waals surface area contributed by atoms with Crippen LogP contribution in [0.2, 0.25) is 0 Å². The minimum atomic E-state index is -4.48. The number of likely N-dealkylation sites (tertiary alicyclic amines) is 1. The Labute approximate surface area is 121 Å². The number of hydrogen-bond acceptors (Lipinski definition) is 2. The molecule has 0 aromatic carbocycles. The van der Waals surface area contributed by atoms with Crippen LogP contribution in [0.15, 0.2) is 6.07 Å². The van der Waals surface area contributed by atoms with Crippen LogP contribution in [0.1, 0.15) is 50.0 Å². The highest BCUT2D eigenvalue weighted by molar-refractivity contribution is 5.80. The normalized spacial score (nSPS) is 18.4. The second kappa shape index (κ2) is 6.07. The van der Waals surface area contributed by atoms with E-state index >= 15 is 0 Å². The monoisotopic (exact) mass is 303 g/mol. The zero-order valence-electron chi connectivity index (χ0n) is 12.3. The van der Waals surface area contributed by atoms with Crippen LogP contribution in [0.3, 0.4) is 0 Å². The van der Waals surface area contributed by atoms with Crippen LogP contribution in [-0.2, 0) is 11.0 Å². The van der Waals surface area contributed by atoms with Crippen molar-refractivity contribution in [2.75, 3.05) is 13.1 Å². The van der Waals surface area contributed by atoms with E-state index in [-0.39, 0.29) is 5.91 Å². The SMILES string of the molecule is Cc1cc(C(F)(F)F)nn1[C@H](C)C(=O)N1CCCCCC1. The van der Waals surface area contributed by atoms with Crippen molar-refractivity contribution >= 4 is 5.91 Å². The number of aryl methyl sites for hydroxylation is 1. The van der Waals surface area contributed by atoms with Crippen LogP contribution in [0.4, 0.5) is 13.2 Å². The molecule has 1 aliphatic heterocycles. The minimum Gasteiger partial charge on any atom is -0.341 e. The van der Waals surface area contributed by atoms with Gasteiger partial charge >= 0.3 is 6.18 Å². The maximum absolute atomic E-state index is 12.7. The quantitative estimate of drug-likeness (QED) is 0.841. The lowest BCUT2D eigenvalue weighted by atomic mass is 10.2. The molecule has 0 saturated carbocycles. The third-order valence-electron chi connectivity index (χ3n) is 3.85. The van der Waals surface area contributed by atoms with E-state index in [4.69, 9.17) is 0 Å². The van der Waals surface area contributed by atoms with Gasteiger partial charge in [-0.25, -0.2) is 0 Å². The molecule has 2 heterocycles. The summed E-state index contributed by atoms with van der Waals surface area (Å²) < 4.78 is 39.2. The summed E-state index contributed by atoms with van der Waals surface area (Å²) >= 11 is 0. The van der Waals surface area contributed by atoms with Crippen molar-refractivity contribution in [2.24, 2.45) is 0 Å². The zero-order valence-corrected chi connectivity index (χ0v) is 12.3. The number of aromatic nitrogens is 2. The van der Waals surface area contributed by atoms with Gasteiger partial charge < -0.3 is 4.90 Å². The highest BCUT2D eigenvalue weighted by atomic mass is 19.4. The van der Waals surface area contributed by atoms with Crippen LogP contribution in [-0.4, -0.2) is 33.7 Å². The second-order valence-electron chi connectivity index (χ2n) is 5.53. The van der Waals surface area contributed by atoms with Gasteiger partial charge in [0.15, 0.2) is 5.69 Å². The summed E-state index contributed by atoms with van der Waals surface area (Å²) in [4.78, 5) is 14.2. The molecule has 2 rings (SSSR count). The number of alkyl halides is 3. The third-order valence-corrected chi connectivity index (χ3v) is 3.85. The van der Waals surface area contributed by atoms with Crippen molar-refractivity contribution in [3.63, 3.8) is 0 Å². The lowest BCUT2D eigenvalue weighted by Gasteiger charge is -2.24. The minimum absolute atomic E-state index is 0.156. The van der Waals surface area contributed by atoms with Crippen LogP contribution in [0, 0.1) is 6.92 Å². The van der Waals surface area contributed by atoms with Crippen LogP contribution in [0.25, 0.3) is 0 Å². The molecule has 0 spiro atoms. The first kappa shape index (κ1) is 15.9. The molecule has 1 aromatic heterocycles. The molecule has 0 aliphatic carbocycles. The van der Waals surface area contributed by atoms with E-state index in [1.54, 1.807) is 11.8 Å². The topological polar surface area (TPSA) is 38.1 Å². The lowest BCUT2D eigenvalue weighted by Crippen LogP contribution is -2.37. The lowest BCUT2D eigenvalue weighted by molar-refractivity contribution is -0.142. The fourth-order valence-electron chi connectivity index (χ4n) is 2.68. The molecule has 0 radical (unpaired) electrons. The van der Waals surface area contributed by atoms with Gasteiger partial charge in [0.25, 0.3) is 0 Å². The molecular formula is C14H20F3N3O. The summed E-state index contributed by atoms with van der Waals surface area (Å²) in [6.45, 7) is 4.49. The predicted molar refractivity (Wildman–Crippen MR) is 71.7 cm³/mol. The zero-order chi connectivity index (χ0) is 15.6. The number of carbonyl (C=O) groups is 1. The smallest absolute Gasteiger partial charge is 0.341 e. The molecule has 0 bridgehead atoms. The first-order chi connectivity index (χ1) is 9.80. The molecule has 1 aliphatic rings. The Hall–Kier alpha value is -1.53. The summed E-state index contributed by atoms with van der Waals surface area (Å²) in [5, 5.41) is 3.56. The molecule has 1 amide bonds. The molecule has 4 nitrogen and oxygen atoms in total. The van der Waals surface area contributed by atoms with Crippen LogP contribution >= 0.6 is 0 Å². The number of rotatable bonds is 2. The number of halogens is 3. The first-order valence-electron chi connectivity index (χ1n) is 7.23. The summed E-state index contributed by atoms with van der Waals surface area (Å²) in [6.07, 6.45) is -0.398. The summed E-state index contributed by atoms with van der Waals surface area (Å²) in [5.41, 5.74) is -0.603. The Kier molecular flexibility index (Phi) is 4.58. The summed E-state index contributed by atoms with van der Waals surface area (Å²) in [7, 11) is 0. The van der Waals surface area contributed by atoms with Crippen molar-refractivity contribution in [3.05, 3.63) is 17.5 Å². The van der Waals surface area contributed by atoms with Gasteiger partial charge in [-0.05, 0) is 32.8 Å². The number of hydrogen-bond donors (Lipinski definition) is 0. The maximum Gasteiger partial charge on any atom is 0.435 e. The number of amides is 1. The van der Waals surface area contributed by atoms with Gasteiger partial charge in [-0.3, -0.25) is 9.48 Å². The van der Waals surface area contributed by atoms with Crippen molar-refractivity contribution < 1.29 is 18.0 Å². The first-order valence-corrected chi connectivity index (χ1v) is 7.23. The average Bonchev–Trinajstić information content (AvgIpc) is 2.64. The Balaban J connectivity index is 2.17. The fraction of sp³-hybridized carbons (Fsp3) is 0.714. The van der Waals surface area contributed by atoms with E-state index in [0.29, 0.717) is 18.8 Å². The van der Waals surface area contributed by atoms with Crippen LogP contribution < -0.4 is 0 Å². The molecule has 0 N–H and O–H groups in total. The van der Waals surface area contributed by atoms with Gasteiger partial charge in [-0.2, -0.15) is 18.3 Å². The summed E-state index contributed by atoms with van der Waals surface area (Å²) in [5.74, 6) is -0.156. The second-order valence-corrected chi connectivity index (χ2v) is 5.53. The van der Waals surface area contributed by atoms with Crippen LogP contribution in [0.5, 0.6) is 0 Å². The van der Waals surface area contributed by atoms with Gasteiger partial charge in [0.2, 0.25) is 5.91 Å². The van der Waals surface area contributed by atoms with Crippen molar-refractivity contribution in [1.82, 2.24) is 14.7 Å². The van der Waals surface area contributed by atoms with E-state index in [1.807, 2.05) is 0 Å². The Morgan fingerprint density at radius 3 is 2.29 bits per heavy atom. The molecular weight excluding hydrogens is 283 g/mol. The number of nitrogens with zero attached hydrogens (tertiary/aromatic N) is 3. The van der Waals surface area contributed by atoms with Gasteiger partial charge in [0, 0.05) is 18.8 Å². The van der Waals surface area contributed by atoms with Crippen molar-refractivity contribution in [1.29, 1.82) is 0 Å². The van der Waals surface area contributed by atoms with Gasteiger partial charge in [0.05, 0.1) is 0 Å². The number of carbonyl (C=O) groups excluding carboxylic acids is 1. The Morgan fingerprint density at radius 2 is 1.81 bits per heavy atom. The molecule has 1 atom stereocenters. The summed E-state index contributed by atoms with van der Waals surface area (Å²) in [6, 6.07) is 0.269. The van der Waals surface area contributed by atoms with E-state index < -0.39 is 17.9 Å².